The van der Waals surface area contributed by atoms with Crippen molar-refractivity contribution in [2.45, 2.75) is 6.92 Å². The maximum atomic E-state index is 13.7. The molecule has 2 aromatic rings. The van der Waals surface area contributed by atoms with E-state index >= 15 is 0 Å². The zero-order valence-electron chi connectivity index (χ0n) is 11.5. The molecule has 0 heterocycles. The van der Waals surface area contributed by atoms with E-state index in [1.54, 1.807) is 19.1 Å². The molecule has 0 aliphatic heterocycles. The molecule has 110 valence electrons. The van der Waals surface area contributed by atoms with E-state index in [-0.39, 0.29) is 5.75 Å². The maximum Gasteiger partial charge on any atom is 0.255 e. The van der Waals surface area contributed by atoms with Crippen LogP contribution in [0.25, 0.3) is 0 Å². The first-order valence-corrected chi connectivity index (χ1v) is 6.39. The Morgan fingerprint density at radius 2 is 1.86 bits per heavy atom. The molecule has 5 N–H and O–H groups in total. The highest BCUT2D eigenvalue weighted by Gasteiger charge is 2.10. The molecule has 0 aliphatic carbocycles. The number of hydrogen-bond acceptors (Lipinski definition) is 4. The van der Waals surface area contributed by atoms with Crippen LogP contribution in [0.1, 0.15) is 17.3 Å². The van der Waals surface area contributed by atoms with Gasteiger partial charge in [-0.05, 0) is 37.3 Å². The molecule has 0 aromatic heterocycles. The van der Waals surface area contributed by atoms with Crippen molar-refractivity contribution in [3.63, 3.8) is 0 Å². The van der Waals surface area contributed by atoms with Crippen molar-refractivity contribution < 1.29 is 13.9 Å². The Morgan fingerprint density at radius 1 is 1.19 bits per heavy atom. The van der Waals surface area contributed by atoms with Gasteiger partial charge in [0.25, 0.3) is 5.91 Å². The Balaban J connectivity index is 2.17. The summed E-state index contributed by atoms with van der Waals surface area (Å²) in [6.45, 7) is 2.13. The molecule has 0 atom stereocenters. The Morgan fingerprint density at radius 3 is 2.43 bits per heavy atom. The lowest BCUT2D eigenvalue weighted by molar-refractivity contribution is 0.102. The fraction of sp³-hybridized carbons (Fsp3) is 0.133. The third-order valence-corrected chi connectivity index (χ3v) is 2.73. The number of nitrogens with two attached hydrogens (primary N) is 2. The third-order valence-electron chi connectivity index (χ3n) is 2.73. The molecule has 2 aromatic carbocycles. The fourth-order valence-corrected chi connectivity index (χ4v) is 1.86. The number of nitrogens with one attached hydrogen (secondary N) is 1. The lowest BCUT2D eigenvalue weighted by atomic mass is 10.1. The Hall–Kier alpha value is -2.76. The van der Waals surface area contributed by atoms with Gasteiger partial charge in [-0.1, -0.05) is 0 Å². The number of amides is 1. The minimum absolute atomic E-state index is 0.142. The smallest absolute Gasteiger partial charge is 0.255 e. The number of carbonyl (C=O) groups excluding carboxylic acids is 1. The summed E-state index contributed by atoms with van der Waals surface area (Å²) in [5.74, 6) is -0.817. The van der Waals surface area contributed by atoms with Crippen LogP contribution in [0.5, 0.6) is 5.75 Å². The molecular weight excluding hydrogens is 273 g/mol. The summed E-state index contributed by atoms with van der Waals surface area (Å²) in [7, 11) is 0. The van der Waals surface area contributed by atoms with E-state index in [1.807, 2.05) is 0 Å². The molecule has 0 unspecified atom stereocenters. The van der Waals surface area contributed by atoms with Crippen molar-refractivity contribution >= 4 is 23.0 Å². The first-order chi connectivity index (χ1) is 9.99. The molecule has 21 heavy (non-hydrogen) atoms. The standard InChI is InChI=1S/C15H16FN3O2/c1-2-21-14-4-3-12(8-13(14)16)19-15(20)9-5-10(17)7-11(18)6-9/h3-8H,2,17-18H2,1H3,(H,19,20). The first kappa shape index (κ1) is 14.6. The van der Waals surface area contributed by atoms with Gasteiger partial charge < -0.3 is 21.5 Å². The highest BCUT2D eigenvalue weighted by molar-refractivity contribution is 6.05. The minimum Gasteiger partial charge on any atom is -0.491 e. The second-order valence-electron chi connectivity index (χ2n) is 4.42. The highest BCUT2D eigenvalue weighted by Crippen LogP contribution is 2.22. The van der Waals surface area contributed by atoms with E-state index in [4.69, 9.17) is 16.2 Å². The predicted octanol–water partition coefficient (Wildman–Crippen LogP) is 2.64. The number of nitrogen functional groups attached to an aromatic ring is 2. The normalized spacial score (nSPS) is 10.2. The van der Waals surface area contributed by atoms with Gasteiger partial charge >= 0.3 is 0 Å². The minimum atomic E-state index is -0.540. The zero-order valence-corrected chi connectivity index (χ0v) is 11.5. The van der Waals surface area contributed by atoms with Gasteiger partial charge in [-0.3, -0.25) is 4.79 Å². The average molecular weight is 289 g/mol. The Labute approximate surface area is 121 Å². The van der Waals surface area contributed by atoms with Crippen LogP contribution in [0.4, 0.5) is 21.5 Å². The number of carbonyl (C=O) groups is 1. The summed E-state index contributed by atoms with van der Waals surface area (Å²) in [5, 5.41) is 2.58. The number of rotatable bonds is 4. The Kier molecular flexibility index (Phi) is 4.27. The van der Waals surface area contributed by atoms with Gasteiger partial charge in [0.15, 0.2) is 11.6 Å². The van der Waals surface area contributed by atoms with Crippen molar-refractivity contribution in [1.29, 1.82) is 0 Å². The molecule has 0 saturated heterocycles. The molecule has 6 heteroatoms. The molecular formula is C15H16FN3O2. The van der Waals surface area contributed by atoms with Crippen molar-refractivity contribution in [2.75, 3.05) is 23.4 Å². The lowest BCUT2D eigenvalue weighted by Crippen LogP contribution is -2.13. The zero-order chi connectivity index (χ0) is 15.4. The van der Waals surface area contributed by atoms with E-state index < -0.39 is 11.7 Å². The largest absolute Gasteiger partial charge is 0.491 e. The molecule has 5 nitrogen and oxygen atoms in total. The number of halogens is 1. The second kappa shape index (κ2) is 6.13. The van der Waals surface area contributed by atoms with E-state index in [9.17, 15) is 9.18 Å². The maximum absolute atomic E-state index is 13.7. The number of ether oxygens (including phenoxy) is 1. The lowest BCUT2D eigenvalue weighted by Gasteiger charge is -2.09. The van der Waals surface area contributed by atoms with E-state index in [0.717, 1.165) is 0 Å². The summed E-state index contributed by atoms with van der Waals surface area (Å²) >= 11 is 0. The first-order valence-electron chi connectivity index (χ1n) is 6.39. The molecule has 0 bridgehead atoms. The van der Waals surface area contributed by atoms with E-state index in [2.05, 4.69) is 5.32 Å². The van der Waals surface area contributed by atoms with Crippen LogP contribution in [0.3, 0.4) is 0 Å². The van der Waals surface area contributed by atoms with Crippen LogP contribution in [0.2, 0.25) is 0 Å². The topological polar surface area (TPSA) is 90.4 Å². The summed E-state index contributed by atoms with van der Waals surface area (Å²) in [6, 6.07) is 8.75. The molecule has 0 radical (unpaired) electrons. The van der Waals surface area contributed by atoms with Crippen molar-refractivity contribution in [3.8, 4) is 5.75 Å². The van der Waals surface area contributed by atoms with Gasteiger partial charge in [-0.2, -0.15) is 0 Å². The fourth-order valence-electron chi connectivity index (χ4n) is 1.86. The summed E-state index contributed by atoms with van der Waals surface area (Å²) in [6.07, 6.45) is 0. The van der Waals surface area contributed by atoms with E-state index in [1.165, 1.54) is 24.3 Å². The monoisotopic (exact) mass is 289 g/mol. The summed E-state index contributed by atoms with van der Waals surface area (Å²) in [4.78, 5) is 12.1. The van der Waals surface area contributed by atoms with Crippen LogP contribution in [-0.4, -0.2) is 12.5 Å². The molecule has 2 rings (SSSR count). The summed E-state index contributed by atoms with van der Waals surface area (Å²) in [5.41, 5.74) is 12.7. The van der Waals surface area contributed by atoms with Gasteiger partial charge in [0, 0.05) is 28.7 Å². The second-order valence-corrected chi connectivity index (χ2v) is 4.42. The van der Waals surface area contributed by atoms with Crippen molar-refractivity contribution in [3.05, 3.63) is 47.8 Å². The van der Waals surface area contributed by atoms with Crippen molar-refractivity contribution in [2.24, 2.45) is 0 Å². The highest BCUT2D eigenvalue weighted by atomic mass is 19.1. The molecule has 0 saturated carbocycles. The molecule has 1 amide bonds. The van der Waals surface area contributed by atoms with Gasteiger partial charge in [0.05, 0.1) is 6.61 Å². The number of hydrogen-bond donors (Lipinski definition) is 3. The van der Waals surface area contributed by atoms with Crippen LogP contribution in [0.15, 0.2) is 36.4 Å². The molecule has 0 fully saturated rings. The average Bonchev–Trinajstić information content (AvgIpc) is 2.41. The molecule has 0 aliphatic rings. The number of anilines is 3. The van der Waals surface area contributed by atoms with Gasteiger partial charge in [0.1, 0.15) is 0 Å². The quantitative estimate of drug-likeness (QED) is 0.755. The third kappa shape index (κ3) is 3.62. The van der Waals surface area contributed by atoms with Crippen LogP contribution in [-0.2, 0) is 0 Å². The predicted molar refractivity (Wildman–Crippen MR) is 80.8 cm³/mol. The molecule has 0 spiro atoms. The Bertz CT molecular complexity index is 654. The van der Waals surface area contributed by atoms with Gasteiger partial charge in [0.2, 0.25) is 0 Å². The SMILES string of the molecule is CCOc1ccc(NC(=O)c2cc(N)cc(N)c2)cc1F. The number of benzene rings is 2. The van der Waals surface area contributed by atoms with Crippen molar-refractivity contribution in [1.82, 2.24) is 0 Å². The van der Waals surface area contributed by atoms with Crippen LogP contribution < -0.4 is 21.5 Å². The van der Waals surface area contributed by atoms with Gasteiger partial charge in [-0.25, -0.2) is 4.39 Å². The van der Waals surface area contributed by atoms with Crippen LogP contribution in [0, 0.1) is 5.82 Å². The van der Waals surface area contributed by atoms with Crippen LogP contribution >= 0.6 is 0 Å². The van der Waals surface area contributed by atoms with Gasteiger partial charge in [-0.15, -0.1) is 0 Å². The van der Waals surface area contributed by atoms with E-state index in [0.29, 0.717) is 29.2 Å². The summed E-state index contributed by atoms with van der Waals surface area (Å²) < 4.78 is 18.8.